The summed E-state index contributed by atoms with van der Waals surface area (Å²) in [4.78, 5) is 10.4. The first-order valence-electron chi connectivity index (χ1n) is 8.52. The number of ether oxygens (including phenoxy) is 3. The summed E-state index contributed by atoms with van der Waals surface area (Å²) in [6.45, 7) is 2.96. The summed E-state index contributed by atoms with van der Waals surface area (Å²) in [5, 5.41) is 0. The maximum atomic E-state index is 14.1. The summed E-state index contributed by atoms with van der Waals surface area (Å²) in [6.07, 6.45) is 2.51. The molecule has 0 aliphatic carbocycles. The molecule has 4 rings (SSSR count). The molecule has 0 radical (unpaired) electrons. The molecule has 132 valence electrons. The zero-order chi connectivity index (χ0) is 17.1. The van der Waals surface area contributed by atoms with Gasteiger partial charge in [-0.1, -0.05) is 12.1 Å². The highest BCUT2D eigenvalue weighted by molar-refractivity contribution is 5.41. The Bertz CT molecular complexity index is 737. The fourth-order valence-corrected chi connectivity index (χ4v) is 3.01. The Hall–Kier alpha value is -2.41. The lowest BCUT2D eigenvalue weighted by Gasteiger charge is -2.28. The fourth-order valence-electron chi connectivity index (χ4n) is 3.01. The van der Waals surface area contributed by atoms with Gasteiger partial charge in [0, 0.05) is 19.5 Å². The van der Waals surface area contributed by atoms with E-state index in [0.717, 1.165) is 11.5 Å². The van der Waals surface area contributed by atoms with E-state index in [4.69, 9.17) is 14.2 Å². The van der Waals surface area contributed by atoms with Crippen LogP contribution in [0.3, 0.4) is 0 Å². The highest BCUT2D eigenvalue weighted by Gasteiger charge is 2.22. The molecule has 1 aromatic carbocycles. The van der Waals surface area contributed by atoms with Gasteiger partial charge in [-0.05, 0) is 18.6 Å². The van der Waals surface area contributed by atoms with Crippen LogP contribution >= 0.6 is 0 Å². The summed E-state index contributed by atoms with van der Waals surface area (Å²) in [5.41, 5.74) is 0. The van der Waals surface area contributed by atoms with E-state index in [1.165, 1.54) is 6.20 Å². The zero-order valence-corrected chi connectivity index (χ0v) is 13.9. The molecule has 0 unspecified atom stereocenters. The second-order valence-corrected chi connectivity index (χ2v) is 6.09. The number of aryl methyl sites for hydroxylation is 1. The molecule has 2 aliphatic rings. The van der Waals surface area contributed by atoms with Gasteiger partial charge in [0.2, 0.25) is 0 Å². The van der Waals surface area contributed by atoms with Gasteiger partial charge >= 0.3 is 0 Å². The molecule has 2 aromatic rings. The molecule has 25 heavy (non-hydrogen) atoms. The number of anilines is 1. The Labute approximate surface area is 145 Å². The number of rotatable bonds is 4. The van der Waals surface area contributed by atoms with Crippen LogP contribution in [0.15, 0.2) is 30.5 Å². The van der Waals surface area contributed by atoms with Crippen molar-refractivity contribution >= 4 is 5.82 Å². The summed E-state index contributed by atoms with van der Waals surface area (Å²) in [7, 11) is 0. The van der Waals surface area contributed by atoms with Crippen LogP contribution in [0.2, 0.25) is 0 Å². The van der Waals surface area contributed by atoms with Crippen LogP contribution in [0, 0.1) is 5.82 Å². The molecule has 0 bridgehead atoms. The third-order valence-electron chi connectivity index (χ3n) is 4.34. The van der Waals surface area contributed by atoms with Crippen molar-refractivity contribution in [3.05, 3.63) is 42.1 Å². The van der Waals surface area contributed by atoms with Gasteiger partial charge in [-0.2, -0.15) is 0 Å². The highest BCUT2D eigenvalue weighted by Crippen LogP contribution is 2.31. The van der Waals surface area contributed by atoms with E-state index in [0.29, 0.717) is 57.4 Å². The Kier molecular flexibility index (Phi) is 4.65. The van der Waals surface area contributed by atoms with Crippen molar-refractivity contribution < 1.29 is 18.6 Å². The van der Waals surface area contributed by atoms with E-state index in [1.54, 1.807) is 0 Å². The lowest BCUT2D eigenvalue weighted by Crippen LogP contribution is -2.37. The molecule has 3 heterocycles. The first-order valence-corrected chi connectivity index (χ1v) is 8.52. The molecule has 1 atom stereocenters. The van der Waals surface area contributed by atoms with Crippen LogP contribution in [-0.2, 0) is 11.2 Å². The number of benzene rings is 1. The Balaban J connectivity index is 1.40. The molecular weight excluding hydrogens is 325 g/mol. The van der Waals surface area contributed by atoms with E-state index < -0.39 is 5.82 Å². The number of aromatic nitrogens is 2. The number of morpholine rings is 1. The van der Waals surface area contributed by atoms with Gasteiger partial charge in [-0.3, -0.25) is 0 Å². The molecule has 0 N–H and O–H groups in total. The minimum absolute atomic E-state index is 0.0598. The Morgan fingerprint density at radius 1 is 1.16 bits per heavy atom. The first kappa shape index (κ1) is 16.1. The van der Waals surface area contributed by atoms with E-state index >= 15 is 0 Å². The predicted molar refractivity (Wildman–Crippen MR) is 89.7 cm³/mol. The third kappa shape index (κ3) is 3.66. The number of hydrogen-bond acceptors (Lipinski definition) is 6. The van der Waals surface area contributed by atoms with Crippen LogP contribution < -0.4 is 14.4 Å². The standard InChI is InChI=1S/C18H20FN3O3/c19-14-11-20-17(21-18(14)22-7-9-23-10-8-22)6-5-13-12-24-15-3-1-2-4-16(15)25-13/h1-4,11,13H,5-10,12H2/t13-/m1/s1. The van der Waals surface area contributed by atoms with Gasteiger partial charge in [-0.25, -0.2) is 14.4 Å². The van der Waals surface area contributed by atoms with E-state index in [1.807, 2.05) is 29.2 Å². The van der Waals surface area contributed by atoms with Crippen LogP contribution in [-0.4, -0.2) is 49.0 Å². The average Bonchev–Trinajstić information content (AvgIpc) is 2.68. The molecule has 1 saturated heterocycles. The second-order valence-electron chi connectivity index (χ2n) is 6.09. The SMILES string of the molecule is Fc1cnc(CC[C@@H]2COc3ccccc3O2)nc1N1CCOCC1. The second kappa shape index (κ2) is 7.23. The quantitative estimate of drug-likeness (QED) is 0.847. The van der Waals surface area contributed by atoms with Crippen molar-refractivity contribution in [2.45, 2.75) is 18.9 Å². The smallest absolute Gasteiger partial charge is 0.183 e. The Morgan fingerprint density at radius 3 is 2.80 bits per heavy atom. The predicted octanol–water partition coefficient (Wildman–Crippen LogP) is 2.22. The summed E-state index contributed by atoms with van der Waals surface area (Å²) >= 11 is 0. The molecule has 1 aromatic heterocycles. The minimum atomic E-state index is -0.392. The van der Waals surface area contributed by atoms with Gasteiger partial charge in [-0.15, -0.1) is 0 Å². The molecule has 0 saturated carbocycles. The average molecular weight is 345 g/mol. The fraction of sp³-hybridized carbons (Fsp3) is 0.444. The van der Waals surface area contributed by atoms with Gasteiger partial charge in [0.05, 0.1) is 19.4 Å². The number of para-hydroxylation sites is 2. The van der Waals surface area contributed by atoms with E-state index in [9.17, 15) is 4.39 Å². The number of nitrogens with zero attached hydrogens (tertiary/aromatic N) is 3. The van der Waals surface area contributed by atoms with Crippen LogP contribution in [0.5, 0.6) is 11.5 Å². The van der Waals surface area contributed by atoms with Crippen LogP contribution in [0.4, 0.5) is 10.2 Å². The minimum Gasteiger partial charge on any atom is -0.486 e. The first-order chi connectivity index (χ1) is 12.3. The largest absolute Gasteiger partial charge is 0.486 e. The van der Waals surface area contributed by atoms with Crippen molar-refractivity contribution in [1.29, 1.82) is 0 Å². The summed E-state index contributed by atoms with van der Waals surface area (Å²) < 4.78 is 31.0. The van der Waals surface area contributed by atoms with Gasteiger partial charge in [0.25, 0.3) is 0 Å². The monoisotopic (exact) mass is 345 g/mol. The third-order valence-corrected chi connectivity index (χ3v) is 4.34. The highest BCUT2D eigenvalue weighted by atomic mass is 19.1. The van der Waals surface area contributed by atoms with Crippen molar-refractivity contribution in [2.75, 3.05) is 37.8 Å². The van der Waals surface area contributed by atoms with Crippen molar-refractivity contribution in [3.8, 4) is 11.5 Å². The topological polar surface area (TPSA) is 56.7 Å². The lowest BCUT2D eigenvalue weighted by atomic mass is 10.1. The van der Waals surface area contributed by atoms with Gasteiger partial charge < -0.3 is 19.1 Å². The molecule has 0 amide bonds. The van der Waals surface area contributed by atoms with Crippen molar-refractivity contribution in [2.24, 2.45) is 0 Å². The van der Waals surface area contributed by atoms with Crippen molar-refractivity contribution in [1.82, 2.24) is 9.97 Å². The molecule has 1 fully saturated rings. The summed E-state index contributed by atoms with van der Waals surface area (Å²) in [6, 6.07) is 7.62. The number of fused-ring (bicyclic) bond motifs is 1. The van der Waals surface area contributed by atoms with E-state index in [-0.39, 0.29) is 6.10 Å². The zero-order valence-electron chi connectivity index (χ0n) is 13.9. The van der Waals surface area contributed by atoms with Crippen LogP contribution in [0.25, 0.3) is 0 Å². The molecular formula is C18H20FN3O3. The van der Waals surface area contributed by atoms with E-state index in [2.05, 4.69) is 9.97 Å². The van der Waals surface area contributed by atoms with Crippen LogP contribution in [0.1, 0.15) is 12.2 Å². The Morgan fingerprint density at radius 2 is 1.96 bits per heavy atom. The maximum absolute atomic E-state index is 14.1. The lowest BCUT2D eigenvalue weighted by molar-refractivity contribution is 0.0847. The molecule has 0 spiro atoms. The maximum Gasteiger partial charge on any atom is 0.183 e. The molecule has 2 aliphatic heterocycles. The normalized spacial score (nSPS) is 19.7. The summed E-state index contributed by atoms with van der Waals surface area (Å²) in [5.74, 6) is 2.11. The van der Waals surface area contributed by atoms with Crippen molar-refractivity contribution in [3.63, 3.8) is 0 Å². The molecule has 6 nitrogen and oxygen atoms in total. The van der Waals surface area contributed by atoms with Gasteiger partial charge in [0.1, 0.15) is 18.5 Å². The van der Waals surface area contributed by atoms with Gasteiger partial charge in [0.15, 0.2) is 23.1 Å². The number of hydrogen-bond donors (Lipinski definition) is 0. The molecule has 7 heteroatoms. The number of halogens is 1.